The first-order valence-electron chi connectivity index (χ1n) is 4.06. The molecular weight excluding hydrogens is 374 g/mol. The van der Waals surface area contributed by atoms with E-state index < -0.39 is 0 Å². The first kappa shape index (κ1) is 13.2. The van der Waals surface area contributed by atoms with Gasteiger partial charge >= 0.3 is 0 Å². The zero-order chi connectivity index (χ0) is 12.6. The van der Waals surface area contributed by atoms with Crippen LogP contribution in [-0.2, 0) is 0 Å². The Morgan fingerprint density at radius 1 is 0.882 bits per heavy atom. The van der Waals surface area contributed by atoms with Crippen molar-refractivity contribution < 1.29 is 0 Å². The molecule has 2 heterocycles. The van der Waals surface area contributed by atoms with E-state index in [4.69, 9.17) is 46.4 Å². The highest BCUT2D eigenvalue weighted by molar-refractivity contribution is 9.10. The molecule has 0 aliphatic rings. The van der Waals surface area contributed by atoms with Gasteiger partial charge in [-0.1, -0.05) is 23.2 Å². The molecule has 2 aromatic heterocycles. The Kier molecular flexibility index (Phi) is 4.05. The number of rotatable bonds is 1. The Morgan fingerprint density at radius 2 is 1.53 bits per heavy atom. The van der Waals surface area contributed by atoms with E-state index in [1.165, 1.54) is 6.20 Å². The molecule has 4 nitrogen and oxygen atoms in total. The summed E-state index contributed by atoms with van der Waals surface area (Å²) in [5.41, 5.74) is 0.853. The predicted molar refractivity (Wildman–Crippen MR) is 70.8 cm³/mol. The standard InChI is InChI=1S/C8HBrCl4N4/c9-3-4(15-8(13)17-6(3)11)2-1-14-7(12)16-5(2)10/h1H. The normalized spacial score (nSPS) is 10.6. The first-order valence-corrected chi connectivity index (χ1v) is 6.36. The number of aromatic nitrogens is 4. The van der Waals surface area contributed by atoms with Gasteiger partial charge in [-0.15, -0.1) is 0 Å². The van der Waals surface area contributed by atoms with Crippen LogP contribution in [0.25, 0.3) is 11.3 Å². The number of nitrogens with zero attached hydrogens (tertiary/aromatic N) is 4. The molecule has 0 aliphatic heterocycles. The summed E-state index contributed by atoms with van der Waals surface area (Å²) in [7, 11) is 0. The average molecular weight is 375 g/mol. The van der Waals surface area contributed by atoms with Crippen LogP contribution in [0, 0.1) is 0 Å². The SMILES string of the molecule is Clc1ncc(-c2nc(Cl)nc(Cl)c2Br)c(Cl)n1. The summed E-state index contributed by atoms with van der Waals surface area (Å²) in [5.74, 6) is 0. The summed E-state index contributed by atoms with van der Waals surface area (Å²) in [5, 5.41) is 0.364. The molecule has 0 radical (unpaired) electrons. The third-order valence-corrected chi connectivity index (χ3v) is 3.64. The number of halogens is 5. The fourth-order valence-corrected chi connectivity index (χ4v) is 2.24. The fraction of sp³-hybridized carbons (Fsp3) is 0. The number of hydrogen-bond donors (Lipinski definition) is 0. The van der Waals surface area contributed by atoms with Crippen LogP contribution in [0.3, 0.4) is 0 Å². The molecular formula is C8HBrCl4N4. The molecule has 0 spiro atoms. The Balaban J connectivity index is 2.68. The minimum atomic E-state index is -0.000725. The molecule has 0 bridgehead atoms. The lowest BCUT2D eigenvalue weighted by atomic mass is 10.2. The van der Waals surface area contributed by atoms with Gasteiger partial charge in [0.25, 0.3) is 0 Å². The maximum Gasteiger partial charge on any atom is 0.224 e. The van der Waals surface area contributed by atoms with Gasteiger partial charge in [0.2, 0.25) is 10.6 Å². The molecule has 0 atom stereocenters. The van der Waals surface area contributed by atoms with Crippen LogP contribution in [0.2, 0.25) is 20.9 Å². The van der Waals surface area contributed by atoms with Crippen molar-refractivity contribution in [3.63, 3.8) is 0 Å². The van der Waals surface area contributed by atoms with E-state index in [1.807, 2.05) is 0 Å². The molecule has 0 saturated heterocycles. The van der Waals surface area contributed by atoms with E-state index in [2.05, 4.69) is 35.9 Å². The van der Waals surface area contributed by atoms with E-state index >= 15 is 0 Å². The predicted octanol–water partition coefficient (Wildman–Crippen LogP) is 4.31. The highest BCUT2D eigenvalue weighted by atomic mass is 79.9. The van der Waals surface area contributed by atoms with Crippen LogP contribution in [0.1, 0.15) is 0 Å². The Hall–Kier alpha value is -0.200. The molecule has 2 rings (SSSR count). The van der Waals surface area contributed by atoms with Gasteiger partial charge in [0.05, 0.1) is 15.7 Å². The summed E-state index contributed by atoms with van der Waals surface area (Å²) in [4.78, 5) is 15.4. The largest absolute Gasteiger partial charge is 0.226 e. The number of hydrogen-bond acceptors (Lipinski definition) is 4. The summed E-state index contributed by atoms with van der Waals surface area (Å²) in [6, 6.07) is 0. The minimum Gasteiger partial charge on any atom is -0.226 e. The zero-order valence-electron chi connectivity index (χ0n) is 7.76. The van der Waals surface area contributed by atoms with Crippen molar-refractivity contribution in [1.82, 2.24) is 19.9 Å². The Labute approximate surface area is 124 Å². The molecule has 0 N–H and O–H groups in total. The van der Waals surface area contributed by atoms with Gasteiger partial charge in [-0.25, -0.2) is 19.9 Å². The molecule has 0 aromatic carbocycles. The molecule has 88 valence electrons. The molecule has 0 amide bonds. The zero-order valence-corrected chi connectivity index (χ0v) is 12.4. The molecule has 17 heavy (non-hydrogen) atoms. The lowest BCUT2D eigenvalue weighted by Crippen LogP contribution is -1.94. The van der Waals surface area contributed by atoms with Gasteiger partial charge in [0.1, 0.15) is 10.3 Å². The lowest BCUT2D eigenvalue weighted by molar-refractivity contribution is 1.12. The lowest BCUT2D eigenvalue weighted by Gasteiger charge is -2.06. The van der Waals surface area contributed by atoms with E-state index in [-0.39, 0.29) is 20.9 Å². The smallest absolute Gasteiger partial charge is 0.224 e. The third kappa shape index (κ3) is 2.80. The van der Waals surface area contributed by atoms with E-state index in [1.54, 1.807) is 0 Å². The van der Waals surface area contributed by atoms with Gasteiger partial charge in [-0.3, -0.25) is 0 Å². The van der Waals surface area contributed by atoms with Crippen molar-refractivity contribution in [2.75, 3.05) is 0 Å². The van der Waals surface area contributed by atoms with Gasteiger partial charge in [-0.05, 0) is 39.1 Å². The minimum absolute atomic E-state index is 0.000725. The molecule has 2 aromatic rings. The van der Waals surface area contributed by atoms with Crippen LogP contribution in [0.4, 0.5) is 0 Å². The Morgan fingerprint density at radius 3 is 2.18 bits per heavy atom. The molecule has 0 saturated carbocycles. The molecule has 9 heteroatoms. The van der Waals surface area contributed by atoms with Gasteiger partial charge in [0, 0.05) is 6.20 Å². The van der Waals surface area contributed by atoms with Crippen LogP contribution in [0.5, 0.6) is 0 Å². The topological polar surface area (TPSA) is 51.6 Å². The van der Waals surface area contributed by atoms with E-state index in [0.29, 0.717) is 15.7 Å². The Bertz CT molecular complexity index is 592. The highest BCUT2D eigenvalue weighted by Gasteiger charge is 2.16. The maximum atomic E-state index is 5.94. The first-order chi connectivity index (χ1) is 7.99. The van der Waals surface area contributed by atoms with Crippen molar-refractivity contribution in [1.29, 1.82) is 0 Å². The molecule has 0 fully saturated rings. The average Bonchev–Trinajstić information content (AvgIpc) is 2.24. The van der Waals surface area contributed by atoms with Crippen molar-refractivity contribution in [2.24, 2.45) is 0 Å². The van der Waals surface area contributed by atoms with Crippen LogP contribution in [-0.4, -0.2) is 19.9 Å². The second kappa shape index (κ2) is 5.20. The van der Waals surface area contributed by atoms with Gasteiger partial charge in [-0.2, -0.15) is 0 Å². The highest BCUT2D eigenvalue weighted by Crippen LogP contribution is 2.35. The maximum absolute atomic E-state index is 5.94. The van der Waals surface area contributed by atoms with Crippen molar-refractivity contribution in [2.45, 2.75) is 0 Å². The van der Waals surface area contributed by atoms with Crippen LogP contribution in [0.15, 0.2) is 10.7 Å². The summed E-state index contributed by atoms with van der Waals surface area (Å²) < 4.78 is 0.455. The van der Waals surface area contributed by atoms with E-state index in [0.717, 1.165) is 0 Å². The fourth-order valence-electron chi connectivity index (χ4n) is 1.07. The van der Waals surface area contributed by atoms with Crippen molar-refractivity contribution >= 4 is 62.3 Å². The van der Waals surface area contributed by atoms with Crippen LogP contribution < -0.4 is 0 Å². The van der Waals surface area contributed by atoms with Crippen LogP contribution >= 0.6 is 62.3 Å². The second-order valence-electron chi connectivity index (χ2n) is 2.79. The van der Waals surface area contributed by atoms with Crippen molar-refractivity contribution in [3.05, 3.63) is 31.5 Å². The van der Waals surface area contributed by atoms with Gasteiger partial charge in [0.15, 0.2) is 0 Å². The van der Waals surface area contributed by atoms with Crippen molar-refractivity contribution in [3.8, 4) is 11.3 Å². The van der Waals surface area contributed by atoms with Gasteiger partial charge < -0.3 is 0 Å². The van der Waals surface area contributed by atoms with E-state index in [9.17, 15) is 0 Å². The molecule has 0 unspecified atom stereocenters. The monoisotopic (exact) mass is 372 g/mol. The second-order valence-corrected chi connectivity index (χ2v) is 4.97. The summed E-state index contributed by atoms with van der Waals surface area (Å²) >= 11 is 26.4. The quantitative estimate of drug-likeness (QED) is 0.551. The summed E-state index contributed by atoms with van der Waals surface area (Å²) in [6.07, 6.45) is 1.43. The summed E-state index contributed by atoms with van der Waals surface area (Å²) in [6.45, 7) is 0. The third-order valence-electron chi connectivity index (χ3n) is 1.75. The molecule has 0 aliphatic carbocycles.